The van der Waals surface area contributed by atoms with Crippen LogP contribution >= 0.6 is 11.3 Å². The molecule has 0 spiro atoms. The zero-order chi connectivity index (χ0) is 14.6. The van der Waals surface area contributed by atoms with E-state index in [1.165, 1.54) is 6.07 Å². The molecule has 0 aliphatic carbocycles. The highest BCUT2D eigenvalue weighted by Crippen LogP contribution is 2.21. The molecule has 19 heavy (non-hydrogen) atoms. The predicted octanol–water partition coefficient (Wildman–Crippen LogP) is 1.10. The molecule has 0 saturated carbocycles. The number of sulfonamides is 1. The van der Waals surface area contributed by atoms with Crippen molar-refractivity contribution in [2.45, 2.75) is 30.7 Å². The van der Waals surface area contributed by atoms with Crippen LogP contribution in [0.4, 0.5) is 0 Å². The van der Waals surface area contributed by atoms with Crippen molar-refractivity contribution < 1.29 is 13.5 Å². The van der Waals surface area contributed by atoms with E-state index in [0.717, 1.165) is 11.3 Å². The minimum absolute atomic E-state index is 0.139. The van der Waals surface area contributed by atoms with Crippen LogP contribution in [0.2, 0.25) is 0 Å². The predicted molar refractivity (Wildman–Crippen MR) is 77.7 cm³/mol. The summed E-state index contributed by atoms with van der Waals surface area (Å²) in [5.41, 5.74) is 0.624. The molecule has 5 nitrogen and oxygen atoms in total. The largest absolute Gasteiger partial charge is 0.392 e. The fraction of sp³-hybridized carbons (Fsp3) is 0.667. The quantitative estimate of drug-likeness (QED) is 0.791. The average Bonchev–Trinajstić information content (AvgIpc) is 2.76. The summed E-state index contributed by atoms with van der Waals surface area (Å²) >= 11 is 1.13. The summed E-state index contributed by atoms with van der Waals surface area (Å²) in [6.45, 7) is 4.49. The molecule has 0 radical (unpaired) electrons. The minimum Gasteiger partial charge on any atom is -0.392 e. The van der Waals surface area contributed by atoms with Crippen molar-refractivity contribution in [3.8, 4) is 0 Å². The molecule has 7 heteroatoms. The van der Waals surface area contributed by atoms with E-state index in [9.17, 15) is 8.42 Å². The van der Waals surface area contributed by atoms with Crippen molar-refractivity contribution in [2.75, 3.05) is 20.6 Å². The lowest BCUT2D eigenvalue weighted by atomic mass is 10.1. The number of hydrogen-bond acceptors (Lipinski definition) is 5. The van der Waals surface area contributed by atoms with Crippen LogP contribution in [0.15, 0.2) is 15.7 Å². The Morgan fingerprint density at radius 3 is 2.47 bits per heavy atom. The van der Waals surface area contributed by atoms with E-state index in [1.54, 1.807) is 5.38 Å². The first-order valence-corrected chi connectivity index (χ1v) is 8.48. The molecule has 1 heterocycles. The Hall–Kier alpha value is -0.470. The Labute approximate surface area is 119 Å². The summed E-state index contributed by atoms with van der Waals surface area (Å²) in [5.74, 6) is 0.203. The number of aliphatic hydroxyl groups excluding tert-OH is 1. The zero-order valence-corrected chi connectivity index (χ0v) is 13.4. The van der Waals surface area contributed by atoms with Gasteiger partial charge in [0.25, 0.3) is 0 Å². The third-order valence-electron chi connectivity index (χ3n) is 2.75. The highest BCUT2D eigenvalue weighted by molar-refractivity contribution is 7.91. The maximum atomic E-state index is 12.3. The molecule has 0 aromatic carbocycles. The molecule has 0 saturated heterocycles. The maximum Gasteiger partial charge on any atom is 0.250 e. The third kappa shape index (κ3) is 4.85. The molecule has 110 valence electrons. The van der Waals surface area contributed by atoms with Gasteiger partial charge in [-0.1, -0.05) is 13.8 Å². The van der Waals surface area contributed by atoms with Crippen LogP contribution in [-0.2, 0) is 16.6 Å². The SMILES string of the molecule is CC(C)C(CN(C)C)NS(=O)(=O)c1cc(CO)cs1. The van der Waals surface area contributed by atoms with Crippen molar-refractivity contribution in [3.63, 3.8) is 0 Å². The van der Waals surface area contributed by atoms with Gasteiger partial charge in [-0.25, -0.2) is 13.1 Å². The Kier molecular flexibility index (Phi) is 5.94. The fourth-order valence-corrected chi connectivity index (χ4v) is 4.20. The van der Waals surface area contributed by atoms with Gasteiger partial charge in [-0.2, -0.15) is 0 Å². The third-order valence-corrected chi connectivity index (χ3v) is 5.73. The van der Waals surface area contributed by atoms with E-state index in [-0.39, 0.29) is 22.8 Å². The molecule has 0 fully saturated rings. The highest BCUT2D eigenvalue weighted by atomic mass is 32.2. The number of thiophene rings is 1. The van der Waals surface area contributed by atoms with Gasteiger partial charge >= 0.3 is 0 Å². The molecule has 1 aromatic rings. The number of hydrogen-bond donors (Lipinski definition) is 2. The van der Waals surface area contributed by atoms with Crippen LogP contribution < -0.4 is 4.72 Å². The number of nitrogens with zero attached hydrogens (tertiary/aromatic N) is 1. The van der Waals surface area contributed by atoms with E-state index < -0.39 is 10.0 Å². The van der Waals surface area contributed by atoms with Gasteiger partial charge in [-0.05, 0) is 37.0 Å². The lowest BCUT2D eigenvalue weighted by Gasteiger charge is -2.25. The summed E-state index contributed by atoms with van der Waals surface area (Å²) in [6, 6.07) is 1.37. The van der Waals surface area contributed by atoms with Crippen LogP contribution in [0.1, 0.15) is 19.4 Å². The molecule has 1 aromatic heterocycles. The van der Waals surface area contributed by atoms with Gasteiger partial charge in [-0.15, -0.1) is 11.3 Å². The Bertz CT molecular complexity index is 495. The van der Waals surface area contributed by atoms with Crippen molar-refractivity contribution in [2.24, 2.45) is 5.92 Å². The van der Waals surface area contributed by atoms with Gasteiger partial charge in [0.1, 0.15) is 4.21 Å². The summed E-state index contributed by atoms with van der Waals surface area (Å²) in [5, 5.41) is 10.6. The lowest BCUT2D eigenvalue weighted by Crippen LogP contribution is -2.44. The van der Waals surface area contributed by atoms with Gasteiger partial charge in [0, 0.05) is 12.6 Å². The normalized spacial score (nSPS) is 14.3. The average molecular weight is 306 g/mol. The summed E-state index contributed by atoms with van der Waals surface area (Å²) in [4.78, 5) is 1.96. The molecule has 0 bridgehead atoms. The number of aliphatic hydroxyl groups is 1. The number of nitrogens with one attached hydrogen (secondary N) is 1. The second-order valence-electron chi connectivity index (χ2n) is 5.17. The van der Waals surface area contributed by atoms with E-state index in [4.69, 9.17) is 5.11 Å². The summed E-state index contributed by atoms with van der Waals surface area (Å²) in [7, 11) is 0.322. The van der Waals surface area contributed by atoms with Crippen molar-refractivity contribution in [1.82, 2.24) is 9.62 Å². The first-order valence-electron chi connectivity index (χ1n) is 6.11. The fourth-order valence-electron chi connectivity index (χ4n) is 1.61. The molecule has 0 aliphatic rings. The second kappa shape index (κ2) is 6.81. The van der Waals surface area contributed by atoms with E-state index >= 15 is 0 Å². The van der Waals surface area contributed by atoms with Crippen LogP contribution in [0.3, 0.4) is 0 Å². The van der Waals surface area contributed by atoms with Crippen molar-refractivity contribution in [1.29, 1.82) is 0 Å². The smallest absolute Gasteiger partial charge is 0.250 e. The van der Waals surface area contributed by atoms with Crippen LogP contribution in [0.25, 0.3) is 0 Å². The zero-order valence-electron chi connectivity index (χ0n) is 11.8. The Morgan fingerprint density at radius 1 is 1.42 bits per heavy atom. The molecular formula is C12H22N2O3S2. The number of rotatable bonds is 7. The Balaban J connectivity index is 2.87. The first kappa shape index (κ1) is 16.6. The molecular weight excluding hydrogens is 284 g/mol. The molecule has 2 N–H and O–H groups in total. The van der Waals surface area contributed by atoms with Gasteiger partial charge in [0.05, 0.1) is 6.61 Å². The topological polar surface area (TPSA) is 69.6 Å². The second-order valence-corrected chi connectivity index (χ2v) is 8.02. The lowest BCUT2D eigenvalue weighted by molar-refractivity contribution is 0.282. The summed E-state index contributed by atoms with van der Waals surface area (Å²) in [6.07, 6.45) is 0. The Morgan fingerprint density at radius 2 is 2.05 bits per heavy atom. The molecule has 1 rings (SSSR count). The van der Waals surface area contributed by atoms with Crippen molar-refractivity contribution in [3.05, 3.63) is 17.0 Å². The van der Waals surface area contributed by atoms with Gasteiger partial charge in [-0.3, -0.25) is 0 Å². The summed E-state index contributed by atoms with van der Waals surface area (Å²) < 4.78 is 27.5. The molecule has 1 atom stereocenters. The number of likely N-dealkylation sites (N-methyl/N-ethyl adjacent to an activating group) is 1. The molecule has 0 amide bonds. The first-order chi connectivity index (χ1) is 8.76. The van der Waals surface area contributed by atoms with Crippen molar-refractivity contribution >= 4 is 21.4 Å². The standard InChI is InChI=1S/C12H22N2O3S2/c1-9(2)11(6-14(3)4)13-19(16,17)12-5-10(7-15)8-18-12/h5,8-9,11,13,15H,6-7H2,1-4H3. The van der Waals surface area contributed by atoms with Gasteiger partial charge in [0.2, 0.25) is 10.0 Å². The molecule has 0 aliphatic heterocycles. The van der Waals surface area contributed by atoms with Crippen LogP contribution in [0.5, 0.6) is 0 Å². The van der Waals surface area contributed by atoms with Gasteiger partial charge < -0.3 is 10.0 Å². The van der Waals surface area contributed by atoms with E-state index in [2.05, 4.69) is 4.72 Å². The monoisotopic (exact) mass is 306 g/mol. The molecule has 1 unspecified atom stereocenters. The van der Waals surface area contributed by atoms with Crippen LogP contribution in [-0.4, -0.2) is 45.1 Å². The maximum absolute atomic E-state index is 12.3. The van der Waals surface area contributed by atoms with E-state index in [1.807, 2.05) is 32.8 Å². The van der Waals surface area contributed by atoms with E-state index in [0.29, 0.717) is 12.1 Å². The van der Waals surface area contributed by atoms with Gasteiger partial charge in [0.15, 0.2) is 0 Å². The highest BCUT2D eigenvalue weighted by Gasteiger charge is 2.24. The van der Waals surface area contributed by atoms with Crippen LogP contribution in [0, 0.1) is 5.92 Å². The minimum atomic E-state index is -3.51.